The molecule has 0 fully saturated rings. The van der Waals surface area contributed by atoms with Crippen molar-refractivity contribution in [1.82, 2.24) is 0 Å². The lowest BCUT2D eigenvalue weighted by Crippen LogP contribution is -2.42. The first-order valence-corrected chi connectivity index (χ1v) is 15.1. The van der Waals surface area contributed by atoms with Crippen molar-refractivity contribution in [2.24, 2.45) is 11.7 Å². The molecule has 1 atom stereocenters. The lowest BCUT2D eigenvalue weighted by atomic mass is 9.93. The van der Waals surface area contributed by atoms with Gasteiger partial charge in [0.15, 0.2) is 0 Å². The van der Waals surface area contributed by atoms with Gasteiger partial charge in [0.05, 0.1) is 6.54 Å². The maximum Gasteiger partial charge on any atom is 0.500 e. The van der Waals surface area contributed by atoms with E-state index in [1.54, 1.807) is 21.3 Å². The summed E-state index contributed by atoms with van der Waals surface area (Å²) in [5, 5.41) is 0. The average molecular weight is 488 g/mol. The van der Waals surface area contributed by atoms with Gasteiger partial charge in [0, 0.05) is 46.5 Å². The van der Waals surface area contributed by atoms with Gasteiger partial charge >= 0.3 is 8.80 Å². The fraction of sp³-hybridized carbons (Fsp3) is 0.885. The minimum atomic E-state index is -2.52. The van der Waals surface area contributed by atoms with Crippen molar-refractivity contribution in [2.45, 2.75) is 103 Å². The topological polar surface area (TPSA) is 80.0 Å². The molecule has 0 radical (unpaired) electrons. The van der Waals surface area contributed by atoms with E-state index in [1.807, 2.05) is 0 Å². The summed E-state index contributed by atoms with van der Waals surface area (Å²) in [4.78, 5) is 12.2. The standard InChI is InChI=1S/C26H53NO5Si/c1-5-6-7-8-9-10-11-12-13-14-15-16-17-19-25(26(28)24-27)20-22-32-21-18-23-33(29-2,30-3)31-4/h12-13,25H,5-11,14-24,27H2,1-4H3/b13-12-. The quantitative estimate of drug-likeness (QED) is 0.0957. The highest BCUT2D eigenvalue weighted by Crippen LogP contribution is 2.18. The maximum atomic E-state index is 12.2. The maximum absolute atomic E-state index is 12.2. The van der Waals surface area contributed by atoms with Crippen LogP contribution in [0.4, 0.5) is 0 Å². The van der Waals surface area contributed by atoms with Gasteiger partial charge in [-0.25, -0.2) is 0 Å². The van der Waals surface area contributed by atoms with Gasteiger partial charge in [-0.15, -0.1) is 0 Å². The average Bonchev–Trinajstić information content (AvgIpc) is 2.85. The Morgan fingerprint density at radius 2 is 1.36 bits per heavy atom. The number of hydrogen-bond acceptors (Lipinski definition) is 6. The molecule has 0 aromatic carbocycles. The summed E-state index contributed by atoms with van der Waals surface area (Å²) in [5.41, 5.74) is 5.63. The molecular formula is C26H53NO5Si. The number of Topliss-reactive ketones (excluding diaryl/α,β-unsaturated/α-hetero) is 1. The lowest BCUT2D eigenvalue weighted by Gasteiger charge is -2.24. The van der Waals surface area contributed by atoms with Gasteiger partial charge in [-0.2, -0.15) is 0 Å². The molecular weight excluding hydrogens is 434 g/mol. The van der Waals surface area contributed by atoms with Gasteiger partial charge < -0.3 is 23.7 Å². The van der Waals surface area contributed by atoms with Crippen molar-refractivity contribution < 1.29 is 22.8 Å². The van der Waals surface area contributed by atoms with Crippen molar-refractivity contribution in [3.05, 3.63) is 12.2 Å². The first-order valence-electron chi connectivity index (χ1n) is 13.2. The van der Waals surface area contributed by atoms with Crippen molar-refractivity contribution >= 4 is 14.6 Å². The summed E-state index contributed by atoms with van der Waals surface area (Å²) >= 11 is 0. The molecule has 33 heavy (non-hydrogen) atoms. The minimum absolute atomic E-state index is 0.0173. The van der Waals surface area contributed by atoms with E-state index in [0.717, 1.165) is 44.6 Å². The Bertz CT molecular complexity index is 463. The van der Waals surface area contributed by atoms with Gasteiger partial charge in [0.2, 0.25) is 0 Å². The van der Waals surface area contributed by atoms with Crippen LogP contribution in [-0.2, 0) is 22.8 Å². The van der Waals surface area contributed by atoms with E-state index < -0.39 is 8.80 Å². The number of unbranched alkanes of at least 4 members (excludes halogenated alkanes) is 9. The largest absolute Gasteiger partial charge is 0.500 e. The predicted molar refractivity (Wildman–Crippen MR) is 139 cm³/mol. The van der Waals surface area contributed by atoms with Crippen LogP contribution in [0.3, 0.4) is 0 Å². The summed E-state index contributed by atoms with van der Waals surface area (Å²) in [7, 11) is 2.34. The van der Waals surface area contributed by atoms with E-state index in [-0.39, 0.29) is 18.2 Å². The van der Waals surface area contributed by atoms with E-state index in [0.29, 0.717) is 13.2 Å². The van der Waals surface area contributed by atoms with Crippen molar-refractivity contribution in [3.8, 4) is 0 Å². The van der Waals surface area contributed by atoms with Gasteiger partial charge in [0.1, 0.15) is 5.78 Å². The molecule has 0 saturated carbocycles. The van der Waals surface area contributed by atoms with E-state index in [1.165, 1.54) is 51.4 Å². The number of rotatable bonds is 25. The molecule has 1 unspecified atom stereocenters. The van der Waals surface area contributed by atoms with Crippen LogP contribution in [-0.4, -0.2) is 55.7 Å². The van der Waals surface area contributed by atoms with Crippen LogP contribution in [0, 0.1) is 5.92 Å². The predicted octanol–water partition coefficient (Wildman–Crippen LogP) is 6.06. The molecule has 2 N–H and O–H groups in total. The Kier molecular flexibility index (Phi) is 22.8. The first kappa shape index (κ1) is 32.4. The van der Waals surface area contributed by atoms with Gasteiger partial charge in [0.25, 0.3) is 0 Å². The molecule has 7 heteroatoms. The second-order valence-corrected chi connectivity index (χ2v) is 11.9. The van der Waals surface area contributed by atoms with Crippen molar-refractivity contribution in [2.75, 3.05) is 41.1 Å². The summed E-state index contributed by atoms with van der Waals surface area (Å²) in [6.45, 7) is 3.57. The fourth-order valence-electron chi connectivity index (χ4n) is 4.02. The second-order valence-electron chi connectivity index (χ2n) is 8.83. The molecule has 0 aromatic heterocycles. The Hall–Kier alpha value is -0.573. The number of carbonyl (C=O) groups is 1. The molecule has 6 nitrogen and oxygen atoms in total. The van der Waals surface area contributed by atoms with Crippen LogP contribution in [0.15, 0.2) is 12.2 Å². The SMILES string of the molecule is CCCCCCCC/C=C\CCCCCC(CCOCCC[Si](OC)(OC)OC)C(=O)CN. The Balaban J connectivity index is 3.85. The molecule has 0 aliphatic rings. The zero-order chi connectivity index (χ0) is 24.6. The van der Waals surface area contributed by atoms with Gasteiger partial charge in [-0.05, 0) is 44.9 Å². The van der Waals surface area contributed by atoms with Gasteiger partial charge in [-0.1, -0.05) is 64.0 Å². The lowest BCUT2D eigenvalue weighted by molar-refractivity contribution is -0.122. The Labute approximate surface area is 205 Å². The molecule has 0 heterocycles. The van der Waals surface area contributed by atoms with E-state index in [9.17, 15) is 4.79 Å². The smallest absolute Gasteiger partial charge is 0.381 e. The van der Waals surface area contributed by atoms with E-state index in [2.05, 4.69) is 19.1 Å². The van der Waals surface area contributed by atoms with Crippen molar-refractivity contribution in [1.29, 1.82) is 0 Å². The third-order valence-electron chi connectivity index (χ3n) is 6.29. The van der Waals surface area contributed by atoms with Crippen LogP contribution < -0.4 is 5.73 Å². The molecule has 0 aliphatic heterocycles. The molecule has 0 spiro atoms. The minimum Gasteiger partial charge on any atom is -0.381 e. The number of hydrogen-bond donors (Lipinski definition) is 1. The molecule has 196 valence electrons. The normalized spacial score (nSPS) is 13.1. The van der Waals surface area contributed by atoms with E-state index >= 15 is 0 Å². The number of ketones is 1. The van der Waals surface area contributed by atoms with E-state index in [4.69, 9.17) is 23.7 Å². The van der Waals surface area contributed by atoms with Crippen LogP contribution >= 0.6 is 0 Å². The first-order chi connectivity index (χ1) is 16.1. The van der Waals surface area contributed by atoms with Crippen LogP contribution in [0.1, 0.15) is 96.8 Å². The molecule has 0 rings (SSSR count). The summed E-state index contributed by atoms with van der Waals surface area (Å²) < 4.78 is 22.0. The summed E-state index contributed by atoms with van der Waals surface area (Å²) in [5.74, 6) is 0.172. The highest BCUT2D eigenvalue weighted by atomic mass is 28.4. The van der Waals surface area contributed by atoms with Crippen LogP contribution in [0.2, 0.25) is 6.04 Å². The van der Waals surface area contributed by atoms with Crippen LogP contribution in [0.25, 0.3) is 0 Å². The van der Waals surface area contributed by atoms with Gasteiger partial charge in [-0.3, -0.25) is 4.79 Å². The third kappa shape index (κ3) is 17.5. The molecule has 0 aliphatic carbocycles. The number of allylic oxidation sites excluding steroid dienone is 2. The molecule has 0 bridgehead atoms. The summed E-state index contributed by atoms with van der Waals surface area (Å²) in [6, 6.07) is 0.717. The van der Waals surface area contributed by atoms with Crippen molar-refractivity contribution in [3.63, 3.8) is 0 Å². The Morgan fingerprint density at radius 3 is 1.94 bits per heavy atom. The molecule has 0 saturated heterocycles. The number of carbonyl (C=O) groups excluding carboxylic acids is 1. The number of ether oxygens (including phenoxy) is 1. The zero-order valence-corrected chi connectivity index (χ0v) is 23.1. The molecule has 0 aromatic rings. The highest BCUT2D eigenvalue weighted by Gasteiger charge is 2.36. The van der Waals surface area contributed by atoms with Crippen LogP contribution in [0.5, 0.6) is 0 Å². The zero-order valence-electron chi connectivity index (χ0n) is 22.1. The fourth-order valence-corrected chi connectivity index (χ4v) is 5.71. The third-order valence-corrected chi connectivity index (χ3v) is 9.12. The Morgan fingerprint density at radius 1 is 0.788 bits per heavy atom. The summed E-state index contributed by atoms with van der Waals surface area (Å²) in [6.07, 6.45) is 21.1. The number of nitrogens with two attached hydrogens (primary N) is 1. The highest BCUT2D eigenvalue weighted by molar-refractivity contribution is 6.60. The second kappa shape index (κ2) is 23.2. The monoisotopic (exact) mass is 487 g/mol. The molecule has 0 amide bonds.